The highest BCUT2D eigenvalue weighted by Crippen LogP contribution is 2.47. The fourth-order valence-electron chi connectivity index (χ4n) is 4.39. The molecule has 1 aliphatic rings. The van der Waals surface area contributed by atoms with Crippen molar-refractivity contribution >= 4 is 8.41 Å². The van der Waals surface area contributed by atoms with E-state index in [9.17, 15) is 9.90 Å². The zero-order chi connectivity index (χ0) is 22.1. The number of aromatic nitrogens is 1. The lowest BCUT2D eigenvalue weighted by Gasteiger charge is -2.43. The number of aliphatic hydroxyl groups excluding tert-OH is 1. The normalized spacial score (nSPS) is 22.2. The van der Waals surface area contributed by atoms with Crippen molar-refractivity contribution in [3.05, 3.63) is 52.4 Å². The van der Waals surface area contributed by atoms with Gasteiger partial charge in [-0.2, -0.15) is 0 Å². The van der Waals surface area contributed by atoms with Crippen molar-refractivity contribution in [3.8, 4) is 17.2 Å². The average molecular weight is 436 g/mol. The molecule has 0 fully saturated rings. The lowest BCUT2D eigenvalue weighted by molar-refractivity contribution is -0.0250. The molecule has 1 aromatic heterocycles. The van der Waals surface area contributed by atoms with Gasteiger partial charge < -0.3 is 23.4 Å². The molecule has 0 saturated carbocycles. The number of rotatable bonds is 7. The number of benzene rings is 1. The third-order valence-electron chi connectivity index (χ3n) is 5.94. The fraction of sp³-hybridized carbons (Fsp3) is 0.500. The van der Waals surface area contributed by atoms with Crippen molar-refractivity contribution in [3.63, 3.8) is 0 Å². The van der Waals surface area contributed by atoms with Crippen LogP contribution in [-0.4, -0.2) is 45.0 Å². The van der Waals surface area contributed by atoms with Gasteiger partial charge in [0.25, 0.3) is 5.56 Å². The van der Waals surface area contributed by atoms with Gasteiger partial charge in [0.15, 0.2) is 5.75 Å². The highest BCUT2D eigenvalue weighted by atomic mass is 28.4. The molecule has 8 heteroatoms. The van der Waals surface area contributed by atoms with Crippen LogP contribution >= 0.6 is 0 Å². The molecule has 3 rings (SSSR count). The molecule has 164 valence electrons. The summed E-state index contributed by atoms with van der Waals surface area (Å²) < 4.78 is 33.8. The van der Waals surface area contributed by atoms with Crippen molar-refractivity contribution in [1.82, 2.24) is 4.57 Å². The second kappa shape index (κ2) is 8.91. The van der Waals surface area contributed by atoms with Crippen LogP contribution in [0.15, 0.2) is 41.3 Å². The van der Waals surface area contributed by atoms with Gasteiger partial charge in [0, 0.05) is 42.6 Å². The maximum atomic E-state index is 15.1. The Bertz CT molecular complexity index is 942. The molecule has 1 unspecified atom stereocenters. The SMILES string of the molecule is COc1cccn(-c2ccc3c(c2)[C@@H](OC)[C@H](C)[C@@H](C(CCO)[Si](C)(C)F)O3)c1=O. The van der Waals surface area contributed by atoms with Crippen LogP contribution in [0, 0.1) is 5.92 Å². The monoisotopic (exact) mass is 435 g/mol. The topological polar surface area (TPSA) is 69.9 Å². The van der Waals surface area contributed by atoms with Crippen molar-refractivity contribution in [2.45, 2.75) is 44.2 Å². The second-order valence-electron chi connectivity index (χ2n) is 8.25. The smallest absolute Gasteiger partial charge is 0.297 e. The van der Waals surface area contributed by atoms with Gasteiger partial charge in [-0.15, -0.1) is 0 Å². The predicted octanol–water partition coefficient (Wildman–Crippen LogP) is 3.86. The zero-order valence-corrected chi connectivity index (χ0v) is 19.1. The minimum Gasteiger partial charge on any atom is -0.491 e. The van der Waals surface area contributed by atoms with Gasteiger partial charge in [0.2, 0.25) is 8.41 Å². The Morgan fingerprint density at radius 3 is 2.63 bits per heavy atom. The number of pyridine rings is 1. The van der Waals surface area contributed by atoms with Gasteiger partial charge in [-0.25, -0.2) is 0 Å². The van der Waals surface area contributed by atoms with Gasteiger partial charge in [-0.05, 0) is 49.8 Å². The van der Waals surface area contributed by atoms with Crippen molar-refractivity contribution < 1.29 is 23.4 Å². The number of methoxy groups -OCH3 is 2. The molecule has 2 heterocycles. The molecule has 2 aromatic rings. The number of nitrogens with zero attached hydrogens (tertiary/aromatic N) is 1. The minimum absolute atomic E-state index is 0.0835. The van der Waals surface area contributed by atoms with E-state index in [1.54, 1.807) is 50.7 Å². The summed E-state index contributed by atoms with van der Waals surface area (Å²) in [4.78, 5) is 12.6. The van der Waals surface area contributed by atoms with E-state index in [0.717, 1.165) is 5.56 Å². The number of fused-ring (bicyclic) bond motifs is 1. The molecule has 30 heavy (non-hydrogen) atoms. The maximum Gasteiger partial charge on any atom is 0.297 e. The Morgan fingerprint density at radius 1 is 1.30 bits per heavy atom. The molecule has 0 saturated heterocycles. The summed E-state index contributed by atoms with van der Waals surface area (Å²) in [6.45, 7) is 5.20. The average Bonchev–Trinajstić information content (AvgIpc) is 2.71. The molecule has 0 amide bonds. The van der Waals surface area contributed by atoms with Gasteiger partial charge >= 0.3 is 0 Å². The lowest BCUT2D eigenvalue weighted by Crippen LogP contribution is -2.46. The first-order valence-corrected chi connectivity index (χ1v) is 13.1. The molecular weight excluding hydrogens is 405 g/mol. The highest BCUT2D eigenvalue weighted by Gasteiger charge is 2.47. The Kier molecular flexibility index (Phi) is 6.69. The molecule has 1 aliphatic heterocycles. The molecular formula is C22H30FNO5Si. The number of aliphatic hydroxyl groups is 1. The van der Waals surface area contributed by atoms with Crippen LogP contribution in [-0.2, 0) is 4.74 Å². The summed E-state index contributed by atoms with van der Waals surface area (Å²) in [5.41, 5.74) is 0.865. The minimum atomic E-state index is -3.08. The van der Waals surface area contributed by atoms with Crippen molar-refractivity contribution in [1.29, 1.82) is 0 Å². The molecule has 0 bridgehead atoms. The Hall–Kier alpha value is -2.16. The van der Waals surface area contributed by atoms with E-state index in [0.29, 0.717) is 17.9 Å². The molecule has 0 aliphatic carbocycles. The number of halogens is 1. The summed E-state index contributed by atoms with van der Waals surface area (Å²) >= 11 is 0. The van der Waals surface area contributed by atoms with E-state index in [2.05, 4.69) is 0 Å². The summed E-state index contributed by atoms with van der Waals surface area (Å²) in [6, 6.07) is 8.82. The van der Waals surface area contributed by atoms with E-state index in [1.807, 2.05) is 13.0 Å². The van der Waals surface area contributed by atoms with Crippen LogP contribution in [0.1, 0.15) is 25.0 Å². The standard InChI is InChI=1S/C22H30FNO5Si/c1-14-20(28-3)16-13-15(24-11-6-7-18(27-2)22(24)26)8-9-17(16)29-21(14)19(10-12-25)30(4,5)23/h6-9,11,13-14,19-21,25H,10,12H2,1-5H3/t14-,19?,20-,21-/m0/s1. The largest absolute Gasteiger partial charge is 0.491 e. The van der Waals surface area contributed by atoms with E-state index in [-0.39, 0.29) is 35.5 Å². The van der Waals surface area contributed by atoms with Gasteiger partial charge in [0.05, 0.1) is 13.2 Å². The highest BCUT2D eigenvalue weighted by molar-refractivity contribution is 6.72. The first-order chi connectivity index (χ1) is 14.2. The van der Waals surface area contributed by atoms with Gasteiger partial charge in [-0.1, -0.05) is 6.92 Å². The summed E-state index contributed by atoms with van der Waals surface area (Å²) in [6.07, 6.45) is 1.32. The van der Waals surface area contributed by atoms with Crippen LogP contribution in [0.3, 0.4) is 0 Å². The first kappa shape index (κ1) is 22.5. The van der Waals surface area contributed by atoms with Crippen LogP contribution in [0.5, 0.6) is 11.5 Å². The molecule has 1 N–H and O–H groups in total. The summed E-state index contributed by atoms with van der Waals surface area (Å²) in [7, 11) is 0.00126. The maximum absolute atomic E-state index is 15.1. The Morgan fingerprint density at radius 2 is 2.03 bits per heavy atom. The predicted molar refractivity (Wildman–Crippen MR) is 116 cm³/mol. The van der Waals surface area contributed by atoms with Crippen LogP contribution in [0.25, 0.3) is 5.69 Å². The third-order valence-corrected chi connectivity index (χ3v) is 8.32. The Balaban J connectivity index is 2.05. The van der Waals surface area contributed by atoms with Crippen LogP contribution < -0.4 is 15.0 Å². The quantitative estimate of drug-likeness (QED) is 0.528. The van der Waals surface area contributed by atoms with E-state index < -0.39 is 14.5 Å². The van der Waals surface area contributed by atoms with Crippen LogP contribution in [0.2, 0.25) is 18.6 Å². The van der Waals surface area contributed by atoms with E-state index in [4.69, 9.17) is 14.2 Å². The molecule has 4 atom stereocenters. The second-order valence-corrected chi connectivity index (χ2v) is 12.1. The zero-order valence-electron chi connectivity index (χ0n) is 18.1. The molecule has 0 radical (unpaired) electrons. The summed E-state index contributed by atoms with van der Waals surface area (Å²) in [5, 5.41) is 9.49. The van der Waals surface area contributed by atoms with Crippen LogP contribution in [0.4, 0.5) is 4.11 Å². The van der Waals surface area contributed by atoms with E-state index >= 15 is 4.11 Å². The number of ether oxygens (including phenoxy) is 3. The van der Waals surface area contributed by atoms with Gasteiger partial charge in [0.1, 0.15) is 11.9 Å². The summed E-state index contributed by atoms with van der Waals surface area (Å²) in [5.74, 6) is 0.745. The molecule has 1 aromatic carbocycles. The molecule has 6 nitrogen and oxygen atoms in total. The third kappa shape index (κ3) is 4.17. The van der Waals surface area contributed by atoms with Crippen molar-refractivity contribution in [2.24, 2.45) is 5.92 Å². The number of hydrogen-bond acceptors (Lipinski definition) is 5. The Labute approximate surface area is 177 Å². The number of hydrogen-bond donors (Lipinski definition) is 1. The van der Waals surface area contributed by atoms with Gasteiger partial charge in [-0.3, -0.25) is 9.36 Å². The van der Waals surface area contributed by atoms with E-state index in [1.165, 1.54) is 11.7 Å². The van der Waals surface area contributed by atoms with Crippen molar-refractivity contribution in [2.75, 3.05) is 20.8 Å². The first-order valence-electron chi connectivity index (χ1n) is 10.1. The molecule has 0 spiro atoms. The fourth-order valence-corrected chi connectivity index (χ4v) is 6.35. The lowest BCUT2D eigenvalue weighted by atomic mass is 9.86.